The van der Waals surface area contributed by atoms with Crippen LogP contribution in [0.25, 0.3) is 0 Å². The maximum atomic E-state index is 5.89. The van der Waals surface area contributed by atoms with Gasteiger partial charge in [-0.1, -0.05) is 48.2 Å². The maximum Gasteiger partial charge on any atom is 0.191 e. The molecule has 6 nitrogen and oxygen atoms in total. The van der Waals surface area contributed by atoms with Crippen LogP contribution in [0.15, 0.2) is 59.9 Å². The van der Waals surface area contributed by atoms with Crippen LogP contribution in [0.3, 0.4) is 0 Å². The molecule has 1 aliphatic heterocycles. The van der Waals surface area contributed by atoms with E-state index in [-0.39, 0.29) is 6.10 Å². The summed E-state index contributed by atoms with van der Waals surface area (Å²) in [7, 11) is 2.12. The molecule has 3 aromatic rings. The number of benzene rings is 1. The van der Waals surface area contributed by atoms with Gasteiger partial charge in [-0.15, -0.1) is 10.2 Å². The highest BCUT2D eigenvalue weighted by Gasteiger charge is 2.21. The predicted molar refractivity (Wildman–Crippen MR) is 114 cm³/mol. The molecule has 0 radical (unpaired) electrons. The van der Waals surface area contributed by atoms with Crippen molar-refractivity contribution in [2.24, 2.45) is 0 Å². The first-order chi connectivity index (χ1) is 14.3. The first kappa shape index (κ1) is 20.1. The minimum Gasteiger partial charge on any atom is -0.376 e. The van der Waals surface area contributed by atoms with Crippen LogP contribution in [-0.2, 0) is 30.1 Å². The third kappa shape index (κ3) is 5.65. The molecule has 0 N–H and O–H groups in total. The van der Waals surface area contributed by atoms with Crippen LogP contribution in [0.4, 0.5) is 0 Å². The fourth-order valence-corrected chi connectivity index (χ4v) is 4.41. The van der Waals surface area contributed by atoms with Crippen LogP contribution in [0.5, 0.6) is 0 Å². The number of ether oxygens (including phenoxy) is 1. The van der Waals surface area contributed by atoms with Crippen molar-refractivity contribution in [2.75, 3.05) is 13.7 Å². The number of aromatic nitrogens is 4. The van der Waals surface area contributed by atoms with E-state index in [1.807, 2.05) is 30.5 Å². The summed E-state index contributed by atoms with van der Waals surface area (Å²) in [6.07, 6.45) is 4.31. The van der Waals surface area contributed by atoms with E-state index < -0.39 is 0 Å². The van der Waals surface area contributed by atoms with E-state index in [1.54, 1.807) is 11.8 Å². The summed E-state index contributed by atoms with van der Waals surface area (Å²) >= 11 is 1.69. The minimum atomic E-state index is 0.248. The van der Waals surface area contributed by atoms with Crippen molar-refractivity contribution in [2.45, 2.75) is 49.5 Å². The Kier molecular flexibility index (Phi) is 6.92. The maximum absolute atomic E-state index is 5.89. The SMILES string of the molecule is CN(Cc1ccccc1)Cc1nnc(SCc2ccccn2)n1C[C@H]1CCCO1. The molecule has 7 heteroatoms. The number of nitrogens with zero attached hydrogens (tertiary/aromatic N) is 5. The number of thioether (sulfide) groups is 1. The average Bonchev–Trinajstić information content (AvgIpc) is 3.39. The van der Waals surface area contributed by atoms with Gasteiger partial charge in [-0.2, -0.15) is 0 Å². The lowest BCUT2D eigenvalue weighted by atomic mass is 10.2. The molecule has 4 rings (SSSR count). The van der Waals surface area contributed by atoms with Gasteiger partial charge in [-0.3, -0.25) is 9.88 Å². The van der Waals surface area contributed by atoms with Gasteiger partial charge in [0.2, 0.25) is 0 Å². The summed E-state index contributed by atoms with van der Waals surface area (Å²) in [5, 5.41) is 9.97. The molecule has 0 saturated carbocycles. The molecule has 0 spiro atoms. The largest absolute Gasteiger partial charge is 0.376 e. The summed E-state index contributed by atoms with van der Waals surface area (Å²) < 4.78 is 8.13. The molecule has 3 heterocycles. The van der Waals surface area contributed by atoms with Gasteiger partial charge in [0.15, 0.2) is 5.16 Å². The first-order valence-corrected chi connectivity index (χ1v) is 11.1. The van der Waals surface area contributed by atoms with Gasteiger partial charge in [-0.05, 0) is 37.6 Å². The zero-order chi connectivity index (χ0) is 19.9. The number of hydrogen-bond acceptors (Lipinski definition) is 6. The molecule has 0 amide bonds. The Morgan fingerprint density at radius 2 is 1.97 bits per heavy atom. The van der Waals surface area contributed by atoms with Crippen molar-refractivity contribution in [1.82, 2.24) is 24.6 Å². The molecule has 1 saturated heterocycles. The normalized spacial score (nSPS) is 16.6. The average molecular weight is 410 g/mol. The predicted octanol–water partition coefficient (Wildman–Crippen LogP) is 3.78. The lowest BCUT2D eigenvalue weighted by Gasteiger charge is -2.19. The molecule has 152 valence electrons. The number of pyridine rings is 1. The molecule has 2 aromatic heterocycles. The van der Waals surface area contributed by atoms with E-state index in [1.165, 1.54) is 5.56 Å². The van der Waals surface area contributed by atoms with Gasteiger partial charge in [0, 0.05) is 25.1 Å². The summed E-state index contributed by atoms with van der Waals surface area (Å²) in [4.78, 5) is 6.69. The van der Waals surface area contributed by atoms with Gasteiger partial charge < -0.3 is 9.30 Å². The lowest BCUT2D eigenvalue weighted by Crippen LogP contribution is -2.23. The highest BCUT2D eigenvalue weighted by atomic mass is 32.2. The summed E-state index contributed by atoms with van der Waals surface area (Å²) in [6, 6.07) is 16.5. The van der Waals surface area contributed by atoms with Crippen LogP contribution < -0.4 is 0 Å². The second kappa shape index (κ2) is 10.0. The quantitative estimate of drug-likeness (QED) is 0.502. The Balaban J connectivity index is 1.46. The first-order valence-electron chi connectivity index (χ1n) is 10.1. The van der Waals surface area contributed by atoms with E-state index in [0.29, 0.717) is 0 Å². The van der Waals surface area contributed by atoms with Crippen molar-refractivity contribution in [1.29, 1.82) is 0 Å². The van der Waals surface area contributed by atoms with Crippen LogP contribution in [0.2, 0.25) is 0 Å². The van der Waals surface area contributed by atoms with Crippen molar-refractivity contribution < 1.29 is 4.74 Å². The monoisotopic (exact) mass is 409 g/mol. The van der Waals surface area contributed by atoms with Crippen LogP contribution in [0.1, 0.15) is 29.9 Å². The molecule has 1 aliphatic rings. The molecule has 0 unspecified atom stereocenters. The van der Waals surface area contributed by atoms with Gasteiger partial charge >= 0.3 is 0 Å². The molecule has 1 aromatic carbocycles. The molecule has 29 heavy (non-hydrogen) atoms. The van der Waals surface area contributed by atoms with Crippen molar-refractivity contribution in [3.63, 3.8) is 0 Å². The Labute approximate surface area is 176 Å². The molecular weight excluding hydrogens is 382 g/mol. The standard InChI is InChI=1S/C22H27N5OS/c1-26(14-18-8-3-2-4-9-18)16-21-24-25-22(27(21)15-20-11-7-13-28-20)29-17-19-10-5-6-12-23-19/h2-6,8-10,12,20H,7,11,13-17H2,1H3/t20-/m1/s1. The van der Waals surface area contributed by atoms with E-state index in [2.05, 4.69) is 56.0 Å². The Morgan fingerprint density at radius 1 is 1.10 bits per heavy atom. The van der Waals surface area contributed by atoms with Crippen LogP contribution in [0, 0.1) is 0 Å². The van der Waals surface area contributed by atoms with Gasteiger partial charge in [0.25, 0.3) is 0 Å². The summed E-state index contributed by atoms with van der Waals surface area (Å²) in [5.41, 5.74) is 2.34. The fraction of sp³-hybridized carbons (Fsp3) is 0.409. The summed E-state index contributed by atoms with van der Waals surface area (Å²) in [5.74, 6) is 1.77. The van der Waals surface area contributed by atoms with Crippen molar-refractivity contribution in [3.8, 4) is 0 Å². The summed E-state index contributed by atoms with van der Waals surface area (Å²) in [6.45, 7) is 3.29. The zero-order valence-corrected chi connectivity index (χ0v) is 17.6. The number of rotatable bonds is 9. The minimum absolute atomic E-state index is 0.248. The van der Waals surface area contributed by atoms with Crippen LogP contribution >= 0.6 is 11.8 Å². The molecule has 1 fully saturated rings. The molecule has 0 bridgehead atoms. The molecule has 0 aliphatic carbocycles. The molecule has 1 atom stereocenters. The van der Waals surface area contributed by atoms with Gasteiger partial charge in [0.05, 0.1) is 24.9 Å². The van der Waals surface area contributed by atoms with Crippen LogP contribution in [-0.4, -0.2) is 44.4 Å². The van der Waals surface area contributed by atoms with Crippen molar-refractivity contribution >= 4 is 11.8 Å². The van der Waals surface area contributed by atoms with Gasteiger partial charge in [0.1, 0.15) is 5.82 Å². The smallest absolute Gasteiger partial charge is 0.191 e. The lowest BCUT2D eigenvalue weighted by molar-refractivity contribution is 0.0934. The van der Waals surface area contributed by atoms with Gasteiger partial charge in [-0.25, -0.2) is 0 Å². The Morgan fingerprint density at radius 3 is 2.72 bits per heavy atom. The van der Waals surface area contributed by atoms with E-state index in [0.717, 1.165) is 61.5 Å². The number of hydrogen-bond donors (Lipinski definition) is 0. The van der Waals surface area contributed by atoms with E-state index in [9.17, 15) is 0 Å². The van der Waals surface area contributed by atoms with Crippen molar-refractivity contribution in [3.05, 3.63) is 71.8 Å². The molecular formula is C22H27N5OS. The fourth-order valence-electron chi connectivity index (χ4n) is 3.53. The van der Waals surface area contributed by atoms with E-state index >= 15 is 0 Å². The Hall–Kier alpha value is -2.22. The third-order valence-electron chi connectivity index (χ3n) is 4.99. The second-order valence-electron chi connectivity index (χ2n) is 7.41. The topological polar surface area (TPSA) is 56.1 Å². The highest BCUT2D eigenvalue weighted by molar-refractivity contribution is 7.98. The highest BCUT2D eigenvalue weighted by Crippen LogP contribution is 2.24. The Bertz CT molecular complexity index is 881. The third-order valence-corrected chi connectivity index (χ3v) is 5.99. The van der Waals surface area contributed by atoms with E-state index in [4.69, 9.17) is 4.74 Å². The zero-order valence-electron chi connectivity index (χ0n) is 16.8. The second-order valence-corrected chi connectivity index (χ2v) is 8.35.